The van der Waals surface area contributed by atoms with Crippen molar-refractivity contribution in [2.75, 3.05) is 5.73 Å². The second-order valence-corrected chi connectivity index (χ2v) is 3.60. The quantitative estimate of drug-likeness (QED) is 0.835. The molecule has 2 rings (SSSR count). The van der Waals surface area contributed by atoms with E-state index in [1.165, 1.54) is 0 Å². The summed E-state index contributed by atoms with van der Waals surface area (Å²) >= 11 is 0. The fourth-order valence-corrected chi connectivity index (χ4v) is 1.35. The maximum atomic E-state index is 5.81. The fraction of sp³-hybridized carbons (Fsp3) is 0.167. The second-order valence-electron chi connectivity index (χ2n) is 3.60. The van der Waals surface area contributed by atoms with Crippen molar-refractivity contribution in [1.29, 1.82) is 0 Å². The summed E-state index contributed by atoms with van der Waals surface area (Å²) in [5.74, 6) is 1.09. The molecule has 0 aliphatic rings. The number of nitrogens with two attached hydrogens (primary N) is 1. The van der Waals surface area contributed by atoms with E-state index in [9.17, 15) is 0 Å². The van der Waals surface area contributed by atoms with Crippen molar-refractivity contribution < 1.29 is 4.74 Å². The first-order chi connectivity index (χ1) is 7.66. The van der Waals surface area contributed by atoms with Crippen molar-refractivity contribution in [3.63, 3.8) is 0 Å². The van der Waals surface area contributed by atoms with Crippen molar-refractivity contribution in [1.82, 2.24) is 9.97 Å². The molecule has 0 aromatic carbocycles. The molecule has 0 fully saturated rings. The highest BCUT2D eigenvalue weighted by Gasteiger charge is 2.06. The minimum absolute atomic E-state index is 0.418. The van der Waals surface area contributed by atoms with E-state index in [1.54, 1.807) is 12.4 Å². The van der Waals surface area contributed by atoms with Gasteiger partial charge in [-0.05, 0) is 37.6 Å². The van der Waals surface area contributed by atoms with Gasteiger partial charge >= 0.3 is 0 Å². The van der Waals surface area contributed by atoms with E-state index >= 15 is 0 Å². The predicted molar refractivity (Wildman–Crippen MR) is 62.4 cm³/mol. The molecule has 0 unspecified atom stereocenters. The maximum Gasteiger partial charge on any atom is 0.242 e. The molecular weight excluding hydrogens is 202 g/mol. The van der Waals surface area contributed by atoms with Crippen LogP contribution in [0.4, 0.5) is 5.69 Å². The van der Waals surface area contributed by atoms with Crippen LogP contribution in [0, 0.1) is 13.8 Å². The topological polar surface area (TPSA) is 61.0 Å². The predicted octanol–water partition coefficient (Wildman–Crippen LogP) is 2.47. The summed E-state index contributed by atoms with van der Waals surface area (Å²) in [4.78, 5) is 8.27. The first-order valence-electron chi connectivity index (χ1n) is 4.98. The zero-order chi connectivity index (χ0) is 11.5. The van der Waals surface area contributed by atoms with Gasteiger partial charge in [0.25, 0.3) is 0 Å². The van der Waals surface area contributed by atoms with E-state index < -0.39 is 0 Å². The standard InChI is InChI=1S/C12H13N3O/c1-8-6-10(13)12(15-7-8)16-11-4-3-5-14-9(11)2/h3-7H,13H2,1-2H3. The molecule has 0 atom stereocenters. The van der Waals surface area contributed by atoms with Gasteiger partial charge in [0.15, 0.2) is 5.75 Å². The molecule has 0 aliphatic heterocycles. The first kappa shape index (κ1) is 10.4. The van der Waals surface area contributed by atoms with Crippen LogP contribution < -0.4 is 10.5 Å². The van der Waals surface area contributed by atoms with Gasteiger partial charge in [-0.25, -0.2) is 4.98 Å². The van der Waals surface area contributed by atoms with Crippen LogP contribution in [0.15, 0.2) is 30.6 Å². The number of rotatable bonds is 2. The second kappa shape index (κ2) is 4.18. The summed E-state index contributed by atoms with van der Waals surface area (Å²) in [7, 11) is 0. The van der Waals surface area contributed by atoms with Gasteiger partial charge in [0.1, 0.15) is 0 Å². The van der Waals surface area contributed by atoms with Crippen molar-refractivity contribution >= 4 is 5.69 Å². The largest absolute Gasteiger partial charge is 0.435 e. The molecule has 0 spiro atoms. The lowest BCUT2D eigenvalue weighted by atomic mass is 10.3. The van der Waals surface area contributed by atoms with E-state index in [0.717, 1.165) is 11.3 Å². The average Bonchev–Trinajstić information content (AvgIpc) is 2.25. The molecule has 0 bridgehead atoms. The van der Waals surface area contributed by atoms with Gasteiger partial charge in [-0.3, -0.25) is 4.98 Å². The number of pyridine rings is 2. The number of hydrogen-bond acceptors (Lipinski definition) is 4. The van der Waals surface area contributed by atoms with Crippen LogP contribution in [-0.2, 0) is 0 Å². The third-order valence-corrected chi connectivity index (χ3v) is 2.18. The molecule has 2 aromatic rings. The van der Waals surface area contributed by atoms with Gasteiger partial charge in [-0.2, -0.15) is 0 Å². The van der Waals surface area contributed by atoms with Crippen molar-refractivity contribution in [2.45, 2.75) is 13.8 Å². The summed E-state index contributed by atoms with van der Waals surface area (Å²) in [6.07, 6.45) is 3.44. The van der Waals surface area contributed by atoms with Gasteiger partial charge in [-0.1, -0.05) is 0 Å². The Morgan fingerprint density at radius 2 is 2.06 bits per heavy atom. The number of anilines is 1. The number of hydrogen-bond donors (Lipinski definition) is 1. The van der Waals surface area contributed by atoms with E-state index in [0.29, 0.717) is 17.3 Å². The average molecular weight is 215 g/mol. The SMILES string of the molecule is Cc1cnc(Oc2cccnc2C)c(N)c1. The lowest BCUT2D eigenvalue weighted by Gasteiger charge is -2.08. The van der Waals surface area contributed by atoms with Gasteiger partial charge in [-0.15, -0.1) is 0 Å². The van der Waals surface area contributed by atoms with Crippen LogP contribution >= 0.6 is 0 Å². The molecule has 4 nitrogen and oxygen atoms in total. The van der Waals surface area contributed by atoms with Crippen molar-refractivity contribution in [3.8, 4) is 11.6 Å². The molecule has 82 valence electrons. The molecule has 16 heavy (non-hydrogen) atoms. The maximum absolute atomic E-state index is 5.81. The van der Waals surface area contributed by atoms with E-state index in [-0.39, 0.29) is 0 Å². The molecular formula is C12H13N3O. The molecule has 2 N–H and O–H groups in total. The fourth-order valence-electron chi connectivity index (χ4n) is 1.35. The Morgan fingerprint density at radius 1 is 1.25 bits per heavy atom. The zero-order valence-corrected chi connectivity index (χ0v) is 9.27. The van der Waals surface area contributed by atoms with Crippen LogP contribution in [0.25, 0.3) is 0 Å². The number of nitrogens with zero attached hydrogens (tertiary/aromatic N) is 2. The highest BCUT2D eigenvalue weighted by molar-refractivity contribution is 5.51. The molecule has 0 saturated heterocycles. The lowest BCUT2D eigenvalue weighted by molar-refractivity contribution is 0.459. The summed E-state index contributed by atoms with van der Waals surface area (Å²) in [6, 6.07) is 5.48. The minimum Gasteiger partial charge on any atom is -0.435 e. The van der Waals surface area contributed by atoms with Gasteiger partial charge in [0.05, 0.1) is 11.4 Å². The smallest absolute Gasteiger partial charge is 0.242 e. The molecule has 0 aliphatic carbocycles. The van der Waals surface area contributed by atoms with Crippen LogP contribution in [0.5, 0.6) is 11.6 Å². The van der Waals surface area contributed by atoms with Crippen molar-refractivity contribution in [2.24, 2.45) is 0 Å². The lowest BCUT2D eigenvalue weighted by Crippen LogP contribution is -1.97. The normalized spacial score (nSPS) is 10.1. The highest BCUT2D eigenvalue weighted by atomic mass is 16.5. The van der Waals surface area contributed by atoms with Crippen LogP contribution in [0.3, 0.4) is 0 Å². The summed E-state index contributed by atoms with van der Waals surface area (Å²) in [6.45, 7) is 3.81. The summed E-state index contributed by atoms with van der Waals surface area (Å²) in [5.41, 5.74) is 8.16. The molecule has 4 heteroatoms. The van der Waals surface area contributed by atoms with Gasteiger partial charge in [0, 0.05) is 12.4 Å². The molecule has 2 heterocycles. The zero-order valence-electron chi connectivity index (χ0n) is 9.27. The Balaban J connectivity index is 2.31. The van der Waals surface area contributed by atoms with Gasteiger partial charge in [0.2, 0.25) is 5.88 Å². The molecule has 0 radical (unpaired) electrons. The Labute approximate surface area is 94.1 Å². The number of aromatic nitrogens is 2. The molecule has 2 aromatic heterocycles. The van der Waals surface area contributed by atoms with E-state index in [1.807, 2.05) is 32.0 Å². The Morgan fingerprint density at radius 3 is 2.75 bits per heavy atom. The Hall–Kier alpha value is -2.10. The number of nitrogen functional groups attached to an aromatic ring is 1. The van der Waals surface area contributed by atoms with Crippen LogP contribution in [0.2, 0.25) is 0 Å². The molecule has 0 saturated carbocycles. The highest BCUT2D eigenvalue weighted by Crippen LogP contribution is 2.26. The molecule has 0 amide bonds. The van der Waals surface area contributed by atoms with Crippen LogP contribution in [-0.4, -0.2) is 9.97 Å². The monoisotopic (exact) mass is 215 g/mol. The minimum atomic E-state index is 0.418. The summed E-state index contributed by atoms with van der Waals surface area (Å²) < 4.78 is 5.60. The van der Waals surface area contributed by atoms with Gasteiger partial charge < -0.3 is 10.5 Å². The van der Waals surface area contributed by atoms with E-state index in [4.69, 9.17) is 10.5 Å². The van der Waals surface area contributed by atoms with E-state index in [2.05, 4.69) is 9.97 Å². The first-order valence-corrected chi connectivity index (χ1v) is 4.98. The number of aryl methyl sites for hydroxylation is 2. The third kappa shape index (κ3) is 2.11. The Kier molecular flexibility index (Phi) is 2.72. The number of ether oxygens (including phenoxy) is 1. The van der Waals surface area contributed by atoms with Crippen molar-refractivity contribution in [3.05, 3.63) is 41.9 Å². The van der Waals surface area contributed by atoms with Crippen LogP contribution in [0.1, 0.15) is 11.3 Å². The summed E-state index contributed by atoms with van der Waals surface area (Å²) in [5, 5.41) is 0. The third-order valence-electron chi connectivity index (χ3n) is 2.18. The Bertz CT molecular complexity index is 511.